The molecule has 0 spiro atoms. The Morgan fingerprint density at radius 3 is 2.58 bits per heavy atom. The van der Waals surface area contributed by atoms with Crippen LogP contribution in [0, 0.1) is 5.82 Å². The molecule has 0 unspecified atom stereocenters. The smallest absolute Gasteiger partial charge is 0.341 e. The number of carbonyl (C=O) groups is 1. The van der Waals surface area contributed by atoms with Crippen LogP contribution in [0.4, 0.5) is 10.1 Å². The first-order valence-electron chi connectivity index (χ1n) is 9.73. The van der Waals surface area contributed by atoms with E-state index in [4.69, 9.17) is 5.73 Å². The standard InChI is InChI=1S/C23H19FN4O3/c1-27-10-16(22(30)31)20(29)15-7-13-8-17(24)19(9-18(13)26-21(15)27)28-11-23(25,12-28)14-5-3-2-4-6-14/h2-10H,11-12,25H2,1H3,(H,30,31). The van der Waals surface area contributed by atoms with Crippen LogP contribution in [0.2, 0.25) is 0 Å². The maximum absolute atomic E-state index is 14.9. The van der Waals surface area contributed by atoms with E-state index in [9.17, 15) is 19.1 Å². The average molecular weight is 418 g/mol. The fraction of sp³-hybridized carbons (Fsp3) is 0.174. The summed E-state index contributed by atoms with van der Waals surface area (Å²) < 4.78 is 16.4. The van der Waals surface area contributed by atoms with Crippen LogP contribution in [0.3, 0.4) is 0 Å². The molecule has 7 nitrogen and oxygen atoms in total. The van der Waals surface area contributed by atoms with Crippen molar-refractivity contribution in [2.75, 3.05) is 18.0 Å². The van der Waals surface area contributed by atoms with Gasteiger partial charge in [-0.2, -0.15) is 0 Å². The Balaban J connectivity index is 1.58. The lowest BCUT2D eigenvalue weighted by molar-refractivity contribution is 0.0695. The first-order chi connectivity index (χ1) is 14.8. The van der Waals surface area contributed by atoms with Crippen molar-refractivity contribution < 1.29 is 14.3 Å². The SMILES string of the molecule is Cn1cc(C(=O)O)c(=O)c2cc3cc(F)c(N4CC(N)(c5ccccc5)C4)cc3nc21. The largest absolute Gasteiger partial charge is 0.477 e. The monoisotopic (exact) mass is 418 g/mol. The minimum absolute atomic E-state index is 0.135. The molecule has 5 rings (SSSR count). The molecule has 0 amide bonds. The van der Waals surface area contributed by atoms with Crippen LogP contribution in [0.1, 0.15) is 15.9 Å². The summed E-state index contributed by atoms with van der Waals surface area (Å²) in [5.41, 5.74) is 7.20. The van der Waals surface area contributed by atoms with Crippen molar-refractivity contribution in [1.29, 1.82) is 0 Å². The summed E-state index contributed by atoms with van der Waals surface area (Å²) in [5.74, 6) is -1.76. The molecule has 1 saturated heterocycles. The molecule has 3 heterocycles. The van der Waals surface area contributed by atoms with Crippen LogP contribution in [-0.4, -0.2) is 33.7 Å². The number of pyridine rings is 2. The number of benzene rings is 2. The van der Waals surface area contributed by atoms with E-state index in [0.717, 1.165) is 5.56 Å². The Labute approximate surface area is 176 Å². The number of aryl methyl sites for hydroxylation is 1. The molecule has 31 heavy (non-hydrogen) atoms. The van der Waals surface area contributed by atoms with Crippen LogP contribution >= 0.6 is 0 Å². The van der Waals surface area contributed by atoms with Crippen LogP contribution < -0.4 is 16.1 Å². The van der Waals surface area contributed by atoms with Gasteiger partial charge in [0.2, 0.25) is 5.43 Å². The second-order valence-corrected chi connectivity index (χ2v) is 8.02. The zero-order chi connectivity index (χ0) is 21.9. The quantitative estimate of drug-likeness (QED) is 0.496. The van der Waals surface area contributed by atoms with E-state index in [1.165, 1.54) is 22.9 Å². The molecule has 8 heteroatoms. The molecule has 156 valence electrons. The van der Waals surface area contributed by atoms with E-state index in [0.29, 0.717) is 35.3 Å². The number of rotatable bonds is 3. The molecular weight excluding hydrogens is 399 g/mol. The third-order valence-corrected chi connectivity index (χ3v) is 5.88. The molecule has 1 aliphatic heterocycles. The number of hydrogen-bond acceptors (Lipinski definition) is 5. The lowest BCUT2D eigenvalue weighted by Crippen LogP contribution is -2.65. The summed E-state index contributed by atoms with van der Waals surface area (Å²) in [6.07, 6.45) is 1.24. The number of carboxylic acid groups (broad SMARTS) is 1. The predicted octanol–water partition coefficient (Wildman–Crippen LogP) is 2.60. The Morgan fingerprint density at radius 1 is 1.19 bits per heavy atom. The number of nitrogens with zero attached hydrogens (tertiary/aromatic N) is 3. The number of aromatic carboxylic acids is 1. The Morgan fingerprint density at radius 2 is 1.90 bits per heavy atom. The lowest BCUT2D eigenvalue weighted by atomic mass is 9.83. The fourth-order valence-corrected chi connectivity index (χ4v) is 4.22. The number of nitrogens with two attached hydrogens (primary N) is 1. The zero-order valence-corrected chi connectivity index (χ0v) is 16.7. The molecule has 2 aromatic carbocycles. The minimum Gasteiger partial charge on any atom is -0.477 e. The van der Waals surface area contributed by atoms with E-state index in [-0.39, 0.29) is 10.9 Å². The summed E-state index contributed by atoms with van der Waals surface area (Å²) in [6, 6.07) is 14.2. The van der Waals surface area contributed by atoms with Gasteiger partial charge in [0.05, 0.1) is 22.1 Å². The molecule has 0 saturated carbocycles. The van der Waals surface area contributed by atoms with Crippen LogP contribution in [-0.2, 0) is 12.6 Å². The lowest BCUT2D eigenvalue weighted by Gasteiger charge is -2.49. The van der Waals surface area contributed by atoms with E-state index >= 15 is 0 Å². The van der Waals surface area contributed by atoms with Gasteiger partial charge >= 0.3 is 5.97 Å². The van der Waals surface area contributed by atoms with Crippen molar-refractivity contribution in [3.63, 3.8) is 0 Å². The zero-order valence-electron chi connectivity index (χ0n) is 16.7. The molecule has 1 fully saturated rings. The molecule has 0 bridgehead atoms. The van der Waals surface area contributed by atoms with Gasteiger partial charge in [-0.15, -0.1) is 0 Å². The van der Waals surface area contributed by atoms with Crippen LogP contribution in [0.15, 0.2) is 59.5 Å². The number of hydrogen-bond donors (Lipinski definition) is 2. The second kappa shape index (κ2) is 6.61. The molecule has 2 aromatic heterocycles. The van der Waals surface area contributed by atoms with E-state index in [1.54, 1.807) is 13.1 Å². The van der Waals surface area contributed by atoms with Gasteiger partial charge in [0.15, 0.2) is 0 Å². The van der Waals surface area contributed by atoms with Gasteiger partial charge in [0.25, 0.3) is 0 Å². The number of carboxylic acids is 1. The first kappa shape index (κ1) is 19.2. The fourth-order valence-electron chi connectivity index (χ4n) is 4.22. The van der Waals surface area contributed by atoms with Gasteiger partial charge in [-0.3, -0.25) is 4.79 Å². The van der Waals surface area contributed by atoms with Crippen molar-refractivity contribution in [1.82, 2.24) is 9.55 Å². The van der Waals surface area contributed by atoms with Crippen LogP contribution in [0.25, 0.3) is 21.9 Å². The van der Waals surface area contributed by atoms with Crippen molar-refractivity contribution in [2.24, 2.45) is 12.8 Å². The number of halogens is 1. The minimum atomic E-state index is -1.31. The molecular formula is C23H19FN4O3. The Hall–Kier alpha value is -3.78. The van der Waals surface area contributed by atoms with E-state index in [1.807, 2.05) is 35.2 Å². The van der Waals surface area contributed by atoms with Gasteiger partial charge < -0.3 is 20.3 Å². The summed E-state index contributed by atoms with van der Waals surface area (Å²) >= 11 is 0. The van der Waals surface area contributed by atoms with Gasteiger partial charge in [-0.1, -0.05) is 30.3 Å². The summed E-state index contributed by atoms with van der Waals surface area (Å²) in [5, 5.41) is 9.82. The normalized spacial score (nSPS) is 15.3. The van der Waals surface area contributed by atoms with Crippen molar-refractivity contribution in [3.8, 4) is 0 Å². The highest BCUT2D eigenvalue weighted by Crippen LogP contribution is 2.36. The Bertz CT molecular complexity index is 1430. The highest BCUT2D eigenvalue weighted by Gasteiger charge is 2.41. The molecule has 1 aliphatic rings. The number of aromatic nitrogens is 2. The molecule has 0 atom stereocenters. The molecule has 0 radical (unpaired) electrons. The third kappa shape index (κ3) is 2.95. The maximum atomic E-state index is 14.9. The van der Waals surface area contributed by atoms with Crippen LogP contribution in [0.5, 0.6) is 0 Å². The van der Waals surface area contributed by atoms with E-state index in [2.05, 4.69) is 4.98 Å². The number of fused-ring (bicyclic) bond motifs is 2. The van der Waals surface area contributed by atoms with Gasteiger partial charge in [0.1, 0.15) is 17.0 Å². The molecule has 3 N–H and O–H groups in total. The highest BCUT2D eigenvalue weighted by atomic mass is 19.1. The topological polar surface area (TPSA) is 101 Å². The van der Waals surface area contributed by atoms with Gasteiger partial charge in [-0.25, -0.2) is 14.2 Å². The van der Waals surface area contributed by atoms with E-state index < -0.39 is 22.8 Å². The molecule has 4 aromatic rings. The summed E-state index contributed by atoms with van der Waals surface area (Å²) in [7, 11) is 1.62. The van der Waals surface area contributed by atoms with Gasteiger partial charge in [0, 0.05) is 31.7 Å². The highest BCUT2D eigenvalue weighted by molar-refractivity contribution is 5.96. The van der Waals surface area contributed by atoms with Crippen molar-refractivity contribution >= 4 is 33.6 Å². The third-order valence-electron chi connectivity index (χ3n) is 5.88. The second-order valence-electron chi connectivity index (χ2n) is 8.02. The average Bonchev–Trinajstić information content (AvgIpc) is 2.73. The summed E-state index contributed by atoms with van der Waals surface area (Å²) in [6.45, 7) is 0.932. The predicted molar refractivity (Wildman–Crippen MR) is 116 cm³/mol. The van der Waals surface area contributed by atoms with Crippen molar-refractivity contribution in [2.45, 2.75) is 5.54 Å². The Kier molecular flexibility index (Phi) is 4.10. The first-order valence-corrected chi connectivity index (χ1v) is 9.73. The van der Waals surface area contributed by atoms with Crippen molar-refractivity contribution in [3.05, 3.63) is 81.9 Å². The maximum Gasteiger partial charge on any atom is 0.341 e. The van der Waals surface area contributed by atoms with Gasteiger partial charge in [-0.05, 0) is 23.8 Å². The molecule has 0 aliphatic carbocycles. The number of anilines is 1. The summed E-state index contributed by atoms with van der Waals surface area (Å²) in [4.78, 5) is 30.3.